The molecule has 0 saturated heterocycles. The third kappa shape index (κ3) is 4.49. The van der Waals surface area contributed by atoms with Crippen molar-refractivity contribution in [3.05, 3.63) is 60.7 Å². The summed E-state index contributed by atoms with van der Waals surface area (Å²) >= 11 is 0. The van der Waals surface area contributed by atoms with Crippen LogP contribution < -0.4 is 14.4 Å². The first-order valence-electron chi connectivity index (χ1n) is 9.63. The van der Waals surface area contributed by atoms with Gasteiger partial charge in [-0.25, -0.2) is 8.42 Å². The second-order valence-corrected chi connectivity index (χ2v) is 8.84. The Hall–Kier alpha value is -2.84. The molecule has 0 aliphatic carbocycles. The quantitative estimate of drug-likeness (QED) is 0.602. The molecule has 0 spiro atoms. The van der Waals surface area contributed by atoms with Gasteiger partial charge in [-0.05, 0) is 60.9 Å². The molecule has 0 unspecified atom stereocenters. The highest BCUT2D eigenvalue weighted by atomic mass is 32.2. The second kappa shape index (κ2) is 9.32. The summed E-state index contributed by atoms with van der Waals surface area (Å²) in [6.45, 7) is 3.95. The van der Waals surface area contributed by atoms with Gasteiger partial charge in [-0.1, -0.05) is 6.08 Å². The number of methoxy groups -OCH3 is 2. The molecule has 0 atom stereocenters. The first kappa shape index (κ1) is 21.9. The summed E-state index contributed by atoms with van der Waals surface area (Å²) in [6.07, 6.45) is 3.12. The Balaban J connectivity index is 1.85. The van der Waals surface area contributed by atoms with Crippen LogP contribution >= 0.6 is 0 Å². The van der Waals surface area contributed by atoms with E-state index in [2.05, 4.69) is 6.58 Å². The number of aryl methyl sites for hydroxylation is 1. The van der Waals surface area contributed by atoms with Crippen molar-refractivity contribution >= 4 is 21.6 Å². The monoisotopic (exact) mass is 430 g/mol. The fraction of sp³-hybridized carbons (Fsp3) is 0.318. The molecule has 7 nitrogen and oxygen atoms in total. The predicted molar refractivity (Wildman–Crippen MR) is 116 cm³/mol. The van der Waals surface area contributed by atoms with E-state index in [9.17, 15) is 13.2 Å². The molecule has 3 rings (SSSR count). The minimum atomic E-state index is -3.87. The number of fused-ring (bicyclic) bond motifs is 1. The topological polar surface area (TPSA) is 76.2 Å². The van der Waals surface area contributed by atoms with E-state index in [0.29, 0.717) is 12.3 Å². The van der Waals surface area contributed by atoms with Crippen LogP contribution in [0, 0.1) is 0 Å². The summed E-state index contributed by atoms with van der Waals surface area (Å²) in [4.78, 5) is 14.9. The smallest absolute Gasteiger partial charge is 0.243 e. The normalized spacial score (nSPS) is 13.6. The zero-order valence-electron chi connectivity index (χ0n) is 17.2. The maximum Gasteiger partial charge on any atom is 0.243 e. The van der Waals surface area contributed by atoms with Gasteiger partial charge in [-0.2, -0.15) is 4.31 Å². The number of carbonyl (C=O) groups is 1. The lowest BCUT2D eigenvalue weighted by Crippen LogP contribution is -2.44. The molecule has 0 saturated carbocycles. The largest absolute Gasteiger partial charge is 0.497 e. The first-order chi connectivity index (χ1) is 14.4. The fourth-order valence-corrected chi connectivity index (χ4v) is 4.84. The maximum absolute atomic E-state index is 13.1. The van der Waals surface area contributed by atoms with Crippen LogP contribution in [0.25, 0.3) is 0 Å². The van der Waals surface area contributed by atoms with Crippen LogP contribution in [0.3, 0.4) is 0 Å². The Morgan fingerprint density at radius 1 is 1.13 bits per heavy atom. The number of hydrogen-bond donors (Lipinski definition) is 0. The molecule has 1 aliphatic rings. The molecule has 0 fully saturated rings. The highest BCUT2D eigenvalue weighted by Crippen LogP contribution is 2.31. The van der Waals surface area contributed by atoms with Crippen LogP contribution in [0.5, 0.6) is 11.5 Å². The number of benzene rings is 2. The van der Waals surface area contributed by atoms with E-state index < -0.39 is 10.0 Å². The SMILES string of the molecule is C=CCN(CC(=O)N1CCCc2cc(OC)ccc21)S(=O)(=O)c1ccc(OC)cc1. The highest BCUT2D eigenvalue weighted by Gasteiger charge is 2.30. The summed E-state index contributed by atoms with van der Waals surface area (Å²) in [6, 6.07) is 11.7. The zero-order chi connectivity index (χ0) is 21.7. The molecule has 160 valence electrons. The Kier molecular flexibility index (Phi) is 6.79. The maximum atomic E-state index is 13.1. The van der Waals surface area contributed by atoms with Crippen LogP contribution in [0.2, 0.25) is 0 Å². The summed E-state index contributed by atoms with van der Waals surface area (Å²) in [5.41, 5.74) is 1.81. The summed E-state index contributed by atoms with van der Waals surface area (Å²) < 4.78 is 37.7. The van der Waals surface area contributed by atoms with E-state index >= 15 is 0 Å². The molecular weight excluding hydrogens is 404 g/mol. The van der Waals surface area contributed by atoms with E-state index in [0.717, 1.165) is 34.1 Å². The van der Waals surface area contributed by atoms with Gasteiger partial charge < -0.3 is 14.4 Å². The first-order valence-corrected chi connectivity index (χ1v) is 11.1. The van der Waals surface area contributed by atoms with Gasteiger partial charge in [-0.15, -0.1) is 6.58 Å². The molecule has 0 bridgehead atoms. The lowest BCUT2D eigenvalue weighted by Gasteiger charge is -2.31. The molecule has 0 N–H and O–H groups in total. The second-order valence-electron chi connectivity index (χ2n) is 6.91. The number of carbonyl (C=O) groups excluding carboxylic acids is 1. The van der Waals surface area contributed by atoms with Gasteiger partial charge in [0.15, 0.2) is 0 Å². The van der Waals surface area contributed by atoms with E-state index in [-0.39, 0.29) is 23.9 Å². The van der Waals surface area contributed by atoms with Crippen molar-refractivity contribution in [3.63, 3.8) is 0 Å². The van der Waals surface area contributed by atoms with Crippen molar-refractivity contribution in [1.82, 2.24) is 4.31 Å². The highest BCUT2D eigenvalue weighted by molar-refractivity contribution is 7.89. The van der Waals surface area contributed by atoms with E-state index in [1.54, 1.807) is 30.2 Å². The van der Waals surface area contributed by atoms with Crippen molar-refractivity contribution in [1.29, 1.82) is 0 Å². The number of anilines is 1. The van der Waals surface area contributed by atoms with Crippen molar-refractivity contribution in [2.24, 2.45) is 0 Å². The average Bonchev–Trinajstić information content (AvgIpc) is 2.77. The van der Waals surface area contributed by atoms with E-state index in [1.807, 2.05) is 12.1 Å². The lowest BCUT2D eigenvalue weighted by molar-refractivity contribution is -0.118. The fourth-order valence-electron chi connectivity index (χ4n) is 3.48. The van der Waals surface area contributed by atoms with Crippen LogP contribution in [-0.2, 0) is 21.2 Å². The average molecular weight is 431 g/mol. The number of rotatable bonds is 8. The lowest BCUT2D eigenvalue weighted by atomic mass is 10.0. The molecule has 2 aromatic carbocycles. The van der Waals surface area contributed by atoms with Crippen LogP contribution in [0.1, 0.15) is 12.0 Å². The van der Waals surface area contributed by atoms with Crippen molar-refractivity contribution in [2.45, 2.75) is 17.7 Å². The van der Waals surface area contributed by atoms with E-state index in [4.69, 9.17) is 9.47 Å². The summed E-state index contributed by atoms with van der Waals surface area (Å²) in [5.74, 6) is 1.01. The molecule has 2 aromatic rings. The number of amides is 1. The molecular formula is C22H26N2O5S. The van der Waals surface area contributed by atoms with E-state index in [1.165, 1.54) is 25.3 Å². The van der Waals surface area contributed by atoms with Gasteiger partial charge in [-0.3, -0.25) is 4.79 Å². The van der Waals surface area contributed by atoms with Crippen LogP contribution in [0.4, 0.5) is 5.69 Å². The number of nitrogens with zero attached hydrogens (tertiary/aromatic N) is 2. The third-order valence-corrected chi connectivity index (χ3v) is 6.87. The molecule has 8 heteroatoms. The van der Waals surface area contributed by atoms with Gasteiger partial charge in [0.1, 0.15) is 11.5 Å². The zero-order valence-corrected chi connectivity index (χ0v) is 18.0. The Morgan fingerprint density at radius 3 is 2.43 bits per heavy atom. The molecule has 1 aliphatic heterocycles. The number of hydrogen-bond acceptors (Lipinski definition) is 5. The van der Waals surface area contributed by atoms with Crippen molar-refractivity contribution in [2.75, 3.05) is 38.8 Å². The van der Waals surface area contributed by atoms with Crippen LogP contribution in [0.15, 0.2) is 60.0 Å². The molecule has 0 radical (unpaired) electrons. The van der Waals surface area contributed by atoms with Gasteiger partial charge in [0.25, 0.3) is 0 Å². The van der Waals surface area contributed by atoms with Gasteiger partial charge in [0, 0.05) is 18.8 Å². The Bertz CT molecular complexity index is 1020. The molecule has 1 amide bonds. The van der Waals surface area contributed by atoms with Gasteiger partial charge in [0.2, 0.25) is 15.9 Å². The third-order valence-electron chi connectivity index (χ3n) is 5.05. The standard InChI is InChI=1S/C22H26N2O5S/c1-4-13-23(30(26,27)20-10-7-18(28-2)8-11-20)16-22(25)24-14-5-6-17-15-19(29-3)9-12-21(17)24/h4,7-12,15H,1,5-6,13-14,16H2,2-3H3. The number of ether oxygens (including phenoxy) is 2. The van der Waals surface area contributed by atoms with Crippen LogP contribution in [-0.4, -0.2) is 52.5 Å². The Labute approximate surface area is 177 Å². The van der Waals surface area contributed by atoms with Crippen molar-refractivity contribution < 1.29 is 22.7 Å². The summed E-state index contributed by atoms with van der Waals surface area (Å²) in [5, 5.41) is 0. The molecule has 30 heavy (non-hydrogen) atoms. The molecule has 1 heterocycles. The minimum Gasteiger partial charge on any atom is -0.497 e. The predicted octanol–water partition coefficient (Wildman–Crippen LogP) is 2.86. The summed E-state index contributed by atoms with van der Waals surface area (Å²) in [7, 11) is -0.757. The number of sulfonamides is 1. The van der Waals surface area contributed by atoms with Gasteiger partial charge >= 0.3 is 0 Å². The van der Waals surface area contributed by atoms with Gasteiger partial charge in [0.05, 0.1) is 25.7 Å². The Morgan fingerprint density at radius 2 is 1.80 bits per heavy atom. The molecule has 0 aromatic heterocycles. The van der Waals surface area contributed by atoms with Crippen molar-refractivity contribution in [3.8, 4) is 11.5 Å². The minimum absolute atomic E-state index is 0.0312.